The van der Waals surface area contributed by atoms with Gasteiger partial charge in [0.05, 0.1) is 11.8 Å². The van der Waals surface area contributed by atoms with Gasteiger partial charge in [-0.1, -0.05) is 33.2 Å². The first-order valence-corrected chi connectivity index (χ1v) is 6.62. The highest BCUT2D eigenvalue weighted by atomic mass is 79.9. The van der Waals surface area contributed by atoms with Crippen LogP contribution in [0.4, 0.5) is 22.0 Å². The highest BCUT2D eigenvalue weighted by Crippen LogP contribution is 2.23. The number of hydrogen-bond donors (Lipinski definition) is 0. The summed E-state index contributed by atoms with van der Waals surface area (Å²) in [6.45, 7) is -0.890. The second-order valence-electron chi connectivity index (χ2n) is 4.11. The van der Waals surface area contributed by atoms with Gasteiger partial charge in [0.2, 0.25) is 5.82 Å². The topological polar surface area (TPSA) is 21.6 Å². The molecule has 0 saturated heterocycles. The molecule has 2 rings (SSSR count). The smallest absolute Gasteiger partial charge is 0.200 e. The van der Waals surface area contributed by atoms with Gasteiger partial charge in [0.25, 0.3) is 0 Å². The van der Waals surface area contributed by atoms with Crippen LogP contribution < -0.4 is 0 Å². The molecule has 0 amide bonds. The van der Waals surface area contributed by atoms with Crippen LogP contribution in [0.15, 0.2) is 33.9 Å². The van der Waals surface area contributed by atoms with Crippen LogP contribution in [0.5, 0.6) is 0 Å². The van der Waals surface area contributed by atoms with Crippen molar-refractivity contribution in [3.63, 3.8) is 0 Å². The van der Waals surface area contributed by atoms with E-state index < -0.39 is 41.3 Å². The number of hydrogen-bond acceptors (Lipinski definition) is 2. The molecule has 2 aromatic rings. The minimum absolute atomic E-state index is 0.626. The van der Waals surface area contributed by atoms with Crippen molar-refractivity contribution >= 4 is 22.1 Å². The average molecular weight is 380 g/mol. The molecule has 0 saturated carbocycles. The van der Waals surface area contributed by atoms with E-state index in [-0.39, 0.29) is 0 Å². The van der Waals surface area contributed by atoms with Crippen LogP contribution in [-0.2, 0) is 11.4 Å². The van der Waals surface area contributed by atoms with E-state index in [1.165, 1.54) is 6.21 Å². The molecule has 0 radical (unpaired) electrons. The Balaban J connectivity index is 2.11. The summed E-state index contributed by atoms with van der Waals surface area (Å²) in [5, 5.41) is 3.42. The van der Waals surface area contributed by atoms with Gasteiger partial charge in [0.1, 0.15) is 6.61 Å². The molecule has 2 aromatic carbocycles. The normalized spacial score (nSPS) is 11.2. The summed E-state index contributed by atoms with van der Waals surface area (Å²) in [5.74, 6) is -10.1. The van der Waals surface area contributed by atoms with Crippen LogP contribution in [0.2, 0.25) is 0 Å². The molecule has 0 spiro atoms. The lowest BCUT2D eigenvalue weighted by atomic mass is 10.2. The number of oxime groups is 1. The maximum Gasteiger partial charge on any atom is 0.200 e. The molecule has 0 aliphatic heterocycles. The van der Waals surface area contributed by atoms with Crippen molar-refractivity contribution in [2.24, 2.45) is 5.16 Å². The van der Waals surface area contributed by atoms with E-state index in [2.05, 4.69) is 25.9 Å². The lowest BCUT2D eigenvalue weighted by Gasteiger charge is -2.06. The fraction of sp³-hybridized carbons (Fsp3) is 0.0714. The largest absolute Gasteiger partial charge is 0.391 e. The van der Waals surface area contributed by atoms with E-state index in [0.29, 0.717) is 5.56 Å². The monoisotopic (exact) mass is 379 g/mol. The zero-order valence-electron chi connectivity index (χ0n) is 10.7. The summed E-state index contributed by atoms with van der Waals surface area (Å²) >= 11 is 3.23. The molecular formula is C14H7BrF5NO. The Labute approximate surface area is 130 Å². The van der Waals surface area contributed by atoms with E-state index in [0.717, 1.165) is 4.47 Å². The molecule has 0 heterocycles. The number of rotatable bonds is 4. The molecule has 116 valence electrons. The molecule has 0 aromatic heterocycles. The SMILES string of the molecule is Fc1c(F)c(F)c(CON=Cc2ccc(Br)cc2)c(F)c1F. The first-order valence-electron chi connectivity index (χ1n) is 5.83. The predicted octanol–water partition coefficient (Wildman–Crippen LogP) is 4.70. The minimum Gasteiger partial charge on any atom is -0.391 e. The lowest BCUT2D eigenvalue weighted by molar-refractivity contribution is 0.124. The van der Waals surface area contributed by atoms with E-state index in [1.54, 1.807) is 24.3 Å². The van der Waals surface area contributed by atoms with Crippen molar-refractivity contribution < 1.29 is 26.8 Å². The van der Waals surface area contributed by atoms with Gasteiger partial charge in [-0.25, -0.2) is 22.0 Å². The van der Waals surface area contributed by atoms with Gasteiger partial charge in [0.15, 0.2) is 23.3 Å². The van der Waals surface area contributed by atoms with E-state index in [1.807, 2.05) is 0 Å². The van der Waals surface area contributed by atoms with Crippen LogP contribution in [0.3, 0.4) is 0 Å². The molecule has 0 bridgehead atoms. The van der Waals surface area contributed by atoms with Crippen molar-refractivity contribution in [3.05, 3.63) is 69.0 Å². The van der Waals surface area contributed by atoms with Crippen molar-refractivity contribution in [2.45, 2.75) is 6.61 Å². The first-order chi connectivity index (χ1) is 10.4. The van der Waals surface area contributed by atoms with Crippen molar-refractivity contribution in [1.29, 1.82) is 0 Å². The van der Waals surface area contributed by atoms with Crippen molar-refractivity contribution in [2.75, 3.05) is 0 Å². The quantitative estimate of drug-likeness (QED) is 0.248. The molecule has 0 unspecified atom stereocenters. The van der Waals surface area contributed by atoms with E-state index in [4.69, 9.17) is 0 Å². The van der Waals surface area contributed by atoms with Gasteiger partial charge in [-0.2, -0.15) is 0 Å². The molecule has 0 aliphatic rings. The maximum atomic E-state index is 13.3. The Morgan fingerprint density at radius 1 is 0.864 bits per heavy atom. The molecule has 0 fully saturated rings. The molecule has 0 aliphatic carbocycles. The summed E-state index contributed by atoms with van der Waals surface area (Å²) in [6, 6.07) is 6.81. The van der Waals surface area contributed by atoms with Crippen LogP contribution in [0.1, 0.15) is 11.1 Å². The maximum absolute atomic E-state index is 13.3. The Morgan fingerprint density at radius 2 is 1.36 bits per heavy atom. The standard InChI is InChI=1S/C14H7BrF5NO/c15-8-3-1-7(2-4-8)5-21-22-6-9-10(16)12(18)14(20)13(19)11(9)17/h1-5H,6H2. The van der Waals surface area contributed by atoms with Crippen molar-refractivity contribution in [1.82, 2.24) is 0 Å². The molecule has 8 heteroatoms. The van der Waals surface area contributed by atoms with Gasteiger partial charge >= 0.3 is 0 Å². The fourth-order valence-corrected chi connectivity index (χ4v) is 1.79. The van der Waals surface area contributed by atoms with E-state index >= 15 is 0 Å². The fourth-order valence-electron chi connectivity index (χ4n) is 1.53. The Bertz CT molecular complexity index is 689. The molecule has 0 N–H and O–H groups in total. The zero-order valence-corrected chi connectivity index (χ0v) is 12.3. The van der Waals surface area contributed by atoms with Gasteiger partial charge in [-0.05, 0) is 17.7 Å². The third kappa shape index (κ3) is 3.44. The number of halogens is 6. The van der Waals surface area contributed by atoms with E-state index in [9.17, 15) is 22.0 Å². The summed E-state index contributed by atoms with van der Waals surface area (Å²) < 4.78 is 66.3. The van der Waals surface area contributed by atoms with Crippen LogP contribution >= 0.6 is 15.9 Å². The summed E-state index contributed by atoms with van der Waals surface area (Å²) in [5.41, 5.74) is -0.454. The number of benzene rings is 2. The molecule has 22 heavy (non-hydrogen) atoms. The Hall–Kier alpha value is -1.96. The van der Waals surface area contributed by atoms with Gasteiger partial charge in [-0.3, -0.25) is 0 Å². The second kappa shape index (κ2) is 6.87. The van der Waals surface area contributed by atoms with Gasteiger partial charge < -0.3 is 4.84 Å². The summed E-state index contributed by atoms with van der Waals surface area (Å²) in [7, 11) is 0. The second-order valence-corrected chi connectivity index (χ2v) is 5.02. The summed E-state index contributed by atoms with van der Waals surface area (Å²) in [4.78, 5) is 4.59. The zero-order chi connectivity index (χ0) is 16.3. The lowest BCUT2D eigenvalue weighted by Crippen LogP contribution is -2.07. The van der Waals surface area contributed by atoms with Gasteiger partial charge in [-0.15, -0.1) is 0 Å². The molecule has 2 nitrogen and oxygen atoms in total. The van der Waals surface area contributed by atoms with Crippen LogP contribution in [0, 0.1) is 29.1 Å². The third-order valence-corrected chi connectivity index (χ3v) is 3.18. The Kier molecular flexibility index (Phi) is 5.12. The Morgan fingerprint density at radius 3 is 1.91 bits per heavy atom. The first kappa shape index (κ1) is 16.4. The number of nitrogens with zero attached hydrogens (tertiary/aromatic N) is 1. The highest BCUT2D eigenvalue weighted by molar-refractivity contribution is 9.10. The van der Waals surface area contributed by atoms with Gasteiger partial charge in [0, 0.05) is 4.47 Å². The molecule has 0 atom stereocenters. The minimum atomic E-state index is -2.21. The average Bonchev–Trinajstić information content (AvgIpc) is 2.52. The van der Waals surface area contributed by atoms with Crippen molar-refractivity contribution in [3.8, 4) is 0 Å². The highest BCUT2D eigenvalue weighted by Gasteiger charge is 2.25. The predicted molar refractivity (Wildman–Crippen MR) is 72.8 cm³/mol. The molecular weight excluding hydrogens is 373 g/mol. The third-order valence-electron chi connectivity index (χ3n) is 2.66. The van der Waals surface area contributed by atoms with Crippen LogP contribution in [-0.4, -0.2) is 6.21 Å². The summed E-state index contributed by atoms with van der Waals surface area (Å²) in [6.07, 6.45) is 1.23. The van der Waals surface area contributed by atoms with Crippen LogP contribution in [0.25, 0.3) is 0 Å².